The van der Waals surface area contributed by atoms with E-state index in [4.69, 9.17) is 0 Å². The minimum Gasteiger partial charge on any atom is -0.396 e. The highest BCUT2D eigenvalue weighted by Crippen LogP contribution is 2.35. The van der Waals surface area contributed by atoms with Gasteiger partial charge in [0.2, 0.25) is 5.91 Å². The molecule has 2 fully saturated rings. The van der Waals surface area contributed by atoms with E-state index < -0.39 is 0 Å². The maximum absolute atomic E-state index is 13.0. The normalized spacial score (nSPS) is 24.2. The van der Waals surface area contributed by atoms with Crippen molar-refractivity contribution in [3.05, 3.63) is 35.9 Å². The van der Waals surface area contributed by atoms with Crippen LogP contribution in [-0.4, -0.2) is 53.6 Å². The first-order valence-corrected chi connectivity index (χ1v) is 9.82. The Balaban J connectivity index is 1.54. The summed E-state index contributed by atoms with van der Waals surface area (Å²) in [5.74, 6) is 0.473. The lowest BCUT2D eigenvalue weighted by molar-refractivity contribution is -0.140. The summed E-state index contributed by atoms with van der Waals surface area (Å²) in [6, 6.07) is 10.5. The number of aliphatic hydroxyl groups is 1. The second-order valence-electron chi connectivity index (χ2n) is 7.90. The number of piperidine rings is 2. The fraction of sp³-hybridized carbons (Fsp3) is 0.667. The van der Waals surface area contributed by atoms with E-state index in [-0.39, 0.29) is 17.9 Å². The van der Waals surface area contributed by atoms with Crippen LogP contribution in [0.25, 0.3) is 0 Å². The van der Waals surface area contributed by atoms with E-state index in [1.54, 1.807) is 0 Å². The van der Waals surface area contributed by atoms with Gasteiger partial charge >= 0.3 is 0 Å². The van der Waals surface area contributed by atoms with Gasteiger partial charge in [0.25, 0.3) is 0 Å². The van der Waals surface area contributed by atoms with Crippen LogP contribution in [0.5, 0.6) is 0 Å². The van der Waals surface area contributed by atoms with Crippen molar-refractivity contribution >= 4 is 5.91 Å². The molecule has 4 heteroatoms. The molecule has 1 aromatic rings. The van der Waals surface area contributed by atoms with Gasteiger partial charge in [-0.2, -0.15) is 0 Å². The molecule has 1 aromatic carbocycles. The first kappa shape index (κ1) is 18.4. The third-order valence-electron chi connectivity index (χ3n) is 6.32. The second kappa shape index (κ2) is 8.33. The number of nitrogens with zero attached hydrogens (tertiary/aromatic N) is 2. The third-order valence-corrected chi connectivity index (χ3v) is 6.32. The number of benzene rings is 1. The van der Waals surface area contributed by atoms with E-state index in [9.17, 15) is 9.90 Å². The summed E-state index contributed by atoms with van der Waals surface area (Å²) in [4.78, 5) is 17.5. The Morgan fingerprint density at radius 1 is 1.20 bits per heavy atom. The van der Waals surface area contributed by atoms with Gasteiger partial charge in [-0.1, -0.05) is 37.3 Å². The summed E-state index contributed by atoms with van der Waals surface area (Å²) < 4.78 is 0. The van der Waals surface area contributed by atoms with Gasteiger partial charge in [-0.05, 0) is 49.6 Å². The number of hydrogen-bond acceptors (Lipinski definition) is 3. The van der Waals surface area contributed by atoms with Crippen LogP contribution in [0.2, 0.25) is 0 Å². The highest BCUT2D eigenvalue weighted by Gasteiger charge is 2.36. The van der Waals surface area contributed by atoms with Crippen LogP contribution in [0, 0.1) is 11.3 Å². The van der Waals surface area contributed by atoms with Crippen LogP contribution in [0.1, 0.15) is 44.6 Å². The average molecular weight is 344 g/mol. The lowest BCUT2D eigenvalue weighted by Crippen LogP contribution is -2.49. The summed E-state index contributed by atoms with van der Waals surface area (Å²) >= 11 is 0. The first-order valence-electron chi connectivity index (χ1n) is 9.82. The second-order valence-corrected chi connectivity index (χ2v) is 7.90. The molecule has 0 aliphatic carbocycles. The summed E-state index contributed by atoms with van der Waals surface area (Å²) in [5, 5.41) is 9.68. The Morgan fingerprint density at radius 2 is 1.92 bits per heavy atom. The maximum atomic E-state index is 13.0. The predicted molar refractivity (Wildman–Crippen MR) is 100 cm³/mol. The van der Waals surface area contributed by atoms with Crippen molar-refractivity contribution in [1.29, 1.82) is 0 Å². The number of aliphatic hydroxyl groups excluding tert-OH is 1. The summed E-state index contributed by atoms with van der Waals surface area (Å²) in [7, 11) is 0. The Kier molecular flexibility index (Phi) is 6.13. The minimum absolute atomic E-state index is 0.0443. The zero-order valence-corrected chi connectivity index (χ0v) is 15.5. The Labute approximate surface area is 151 Å². The Morgan fingerprint density at radius 3 is 2.56 bits per heavy atom. The van der Waals surface area contributed by atoms with Gasteiger partial charge in [0.15, 0.2) is 0 Å². The molecule has 1 N–H and O–H groups in total. The topological polar surface area (TPSA) is 43.8 Å². The number of carbonyl (C=O) groups is 1. The number of hydrogen-bond donors (Lipinski definition) is 1. The van der Waals surface area contributed by atoms with Gasteiger partial charge in [-0.3, -0.25) is 9.69 Å². The Hall–Kier alpha value is -1.39. The molecule has 0 saturated carbocycles. The molecular formula is C21H32N2O2. The van der Waals surface area contributed by atoms with Crippen LogP contribution in [-0.2, 0) is 11.3 Å². The zero-order valence-electron chi connectivity index (χ0n) is 15.5. The molecule has 1 atom stereocenters. The third kappa shape index (κ3) is 4.42. The predicted octanol–water partition coefficient (Wildman–Crippen LogP) is 2.91. The molecule has 1 amide bonds. The van der Waals surface area contributed by atoms with Crippen molar-refractivity contribution in [2.24, 2.45) is 11.3 Å². The molecule has 2 heterocycles. The van der Waals surface area contributed by atoms with E-state index in [1.165, 1.54) is 5.56 Å². The van der Waals surface area contributed by atoms with E-state index in [0.29, 0.717) is 5.91 Å². The number of amides is 1. The van der Waals surface area contributed by atoms with Gasteiger partial charge in [0.1, 0.15) is 0 Å². The van der Waals surface area contributed by atoms with Gasteiger partial charge in [-0.15, -0.1) is 0 Å². The monoisotopic (exact) mass is 344 g/mol. The van der Waals surface area contributed by atoms with Crippen LogP contribution < -0.4 is 0 Å². The van der Waals surface area contributed by atoms with Crippen molar-refractivity contribution in [2.45, 2.75) is 45.6 Å². The first-order chi connectivity index (χ1) is 12.2. The molecule has 138 valence electrons. The zero-order chi connectivity index (χ0) is 17.7. The fourth-order valence-electron chi connectivity index (χ4n) is 4.33. The van der Waals surface area contributed by atoms with Gasteiger partial charge in [0, 0.05) is 32.8 Å². The molecule has 2 aliphatic rings. The van der Waals surface area contributed by atoms with Crippen molar-refractivity contribution in [2.75, 3.05) is 32.8 Å². The number of carbonyl (C=O) groups excluding carboxylic acids is 1. The van der Waals surface area contributed by atoms with Gasteiger partial charge in [0.05, 0.1) is 5.92 Å². The molecule has 0 radical (unpaired) electrons. The van der Waals surface area contributed by atoms with Crippen molar-refractivity contribution in [1.82, 2.24) is 9.80 Å². The van der Waals surface area contributed by atoms with E-state index >= 15 is 0 Å². The quantitative estimate of drug-likeness (QED) is 0.893. The molecule has 25 heavy (non-hydrogen) atoms. The van der Waals surface area contributed by atoms with Crippen molar-refractivity contribution in [3.8, 4) is 0 Å². The molecule has 0 aromatic heterocycles. The molecule has 2 aliphatic heterocycles. The van der Waals surface area contributed by atoms with Gasteiger partial charge in [-0.25, -0.2) is 0 Å². The van der Waals surface area contributed by atoms with Crippen LogP contribution in [0.4, 0.5) is 0 Å². The lowest BCUT2D eigenvalue weighted by Gasteiger charge is -2.42. The van der Waals surface area contributed by atoms with E-state index in [2.05, 4.69) is 41.0 Å². The SMILES string of the molecule is CCC1(CO)CCN(C(=O)C2CCCN(Cc3ccccc3)C2)CC1. The average Bonchev–Trinajstić information content (AvgIpc) is 2.68. The van der Waals surface area contributed by atoms with Crippen LogP contribution in [0.15, 0.2) is 30.3 Å². The number of rotatable bonds is 5. The number of likely N-dealkylation sites (tertiary alicyclic amines) is 2. The van der Waals surface area contributed by atoms with Gasteiger partial charge < -0.3 is 10.0 Å². The van der Waals surface area contributed by atoms with Crippen LogP contribution in [0.3, 0.4) is 0 Å². The largest absolute Gasteiger partial charge is 0.396 e. The standard InChI is InChI=1S/C21H32N2O2/c1-2-21(17-24)10-13-23(14-11-21)20(25)19-9-6-12-22(16-19)15-18-7-4-3-5-8-18/h3-5,7-8,19,24H,2,6,9-17H2,1H3. The molecule has 3 rings (SSSR count). The molecule has 1 unspecified atom stereocenters. The molecule has 0 spiro atoms. The maximum Gasteiger partial charge on any atom is 0.226 e. The highest BCUT2D eigenvalue weighted by molar-refractivity contribution is 5.79. The Bertz CT molecular complexity index is 546. The molecule has 2 saturated heterocycles. The van der Waals surface area contributed by atoms with Crippen molar-refractivity contribution < 1.29 is 9.90 Å². The minimum atomic E-state index is 0.0443. The van der Waals surface area contributed by atoms with E-state index in [1.807, 2.05) is 6.07 Å². The van der Waals surface area contributed by atoms with E-state index in [0.717, 1.165) is 64.8 Å². The molecule has 4 nitrogen and oxygen atoms in total. The summed E-state index contributed by atoms with van der Waals surface area (Å²) in [6.07, 6.45) is 4.99. The summed E-state index contributed by atoms with van der Waals surface area (Å²) in [5.41, 5.74) is 1.37. The molecular weight excluding hydrogens is 312 g/mol. The lowest BCUT2D eigenvalue weighted by atomic mass is 9.76. The van der Waals surface area contributed by atoms with Crippen molar-refractivity contribution in [3.63, 3.8) is 0 Å². The fourth-order valence-corrected chi connectivity index (χ4v) is 4.33. The van der Waals surface area contributed by atoms with Crippen LogP contribution >= 0.6 is 0 Å². The smallest absolute Gasteiger partial charge is 0.226 e. The molecule has 0 bridgehead atoms. The summed E-state index contributed by atoms with van der Waals surface area (Å²) in [6.45, 7) is 6.92. The highest BCUT2D eigenvalue weighted by atomic mass is 16.3.